The molecule has 1 aliphatic heterocycles. The fourth-order valence-electron chi connectivity index (χ4n) is 4.14. The average Bonchev–Trinajstić information content (AvgIpc) is 3.44. The van der Waals surface area contributed by atoms with E-state index in [1.807, 2.05) is 37.3 Å². The van der Waals surface area contributed by atoms with Crippen molar-refractivity contribution in [1.82, 2.24) is 19.4 Å². The van der Waals surface area contributed by atoms with Crippen molar-refractivity contribution < 1.29 is 14.3 Å². The fraction of sp³-hybridized carbons (Fsp3) is 0.192. The number of anilines is 1. The Kier molecular flexibility index (Phi) is 6.11. The second-order valence-electron chi connectivity index (χ2n) is 8.44. The molecule has 9 nitrogen and oxygen atoms in total. The van der Waals surface area contributed by atoms with Crippen LogP contribution in [0, 0.1) is 6.92 Å². The van der Waals surface area contributed by atoms with Gasteiger partial charge in [0.15, 0.2) is 5.13 Å². The van der Waals surface area contributed by atoms with Crippen LogP contribution < -0.4 is 15.6 Å². The number of methoxy groups -OCH3 is 1. The van der Waals surface area contributed by atoms with Crippen LogP contribution in [-0.4, -0.2) is 38.4 Å². The largest absolute Gasteiger partial charge is 0.496 e. The number of thiazole rings is 1. The van der Waals surface area contributed by atoms with Crippen LogP contribution in [0.25, 0.3) is 11.1 Å². The van der Waals surface area contributed by atoms with E-state index >= 15 is 0 Å². The number of carbonyl (C=O) groups is 2. The summed E-state index contributed by atoms with van der Waals surface area (Å²) in [5.41, 5.74) is 3.72. The van der Waals surface area contributed by atoms with Gasteiger partial charge in [-0.3, -0.25) is 24.7 Å². The number of fused-ring (bicyclic) bond motifs is 1. The van der Waals surface area contributed by atoms with Crippen molar-refractivity contribution in [2.75, 3.05) is 12.4 Å². The third-order valence-corrected chi connectivity index (χ3v) is 6.97. The van der Waals surface area contributed by atoms with Crippen molar-refractivity contribution in [3.8, 4) is 16.9 Å². The van der Waals surface area contributed by atoms with E-state index in [4.69, 9.17) is 4.74 Å². The molecule has 182 valence electrons. The highest BCUT2D eigenvalue weighted by Gasteiger charge is 2.29. The topological polar surface area (TPSA) is 106 Å². The zero-order valence-electron chi connectivity index (χ0n) is 19.9. The molecule has 0 bridgehead atoms. The van der Waals surface area contributed by atoms with Crippen molar-refractivity contribution in [3.05, 3.63) is 92.6 Å². The maximum absolute atomic E-state index is 13.2. The van der Waals surface area contributed by atoms with Gasteiger partial charge in [-0.25, -0.2) is 4.98 Å². The zero-order chi connectivity index (χ0) is 25.4. The number of carbonyl (C=O) groups excluding carboxylic acids is 2. The molecule has 2 amide bonds. The lowest BCUT2D eigenvalue weighted by Gasteiger charge is -2.16. The van der Waals surface area contributed by atoms with Gasteiger partial charge in [-0.2, -0.15) is 0 Å². The first-order valence-corrected chi connectivity index (χ1v) is 12.0. The Labute approximate surface area is 211 Å². The van der Waals surface area contributed by atoms with Crippen LogP contribution in [-0.2, 0) is 20.1 Å². The standard InChI is InChI=1S/C26H23N5O4S/c1-15-10-18(17-6-4-5-7-21(17)35-3)19(11-27-15)24(33)29-26-28-20-13-31(14-22(20)36-26)25(34)16-8-9-23(32)30(2)12-16/h4-12H,13-14H2,1-3H3,(H,28,29,33). The van der Waals surface area contributed by atoms with Gasteiger partial charge in [0.05, 0.1) is 41.9 Å². The summed E-state index contributed by atoms with van der Waals surface area (Å²) >= 11 is 1.34. The number of aromatic nitrogens is 3. The molecule has 1 N–H and O–H groups in total. The van der Waals surface area contributed by atoms with E-state index < -0.39 is 0 Å². The van der Waals surface area contributed by atoms with Crippen molar-refractivity contribution in [2.45, 2.75) is 20.0 Å². The summed E-state index contributed by atoms with van der Waals surface area (Å²) in [4.78, 5) is 49.2. The minimum atomic E-state index is -0.325. The Morgan fingerprint density at radius 3 is 2.67 bits per heavy atom. The lowest BCUT2D eigenvalue weighted by molar-refractivity contribution is 0.0749. The minimum Gasteiger partial charge on any atom is -0.496 e. The van der Waals surface area contributed by atoms with Gasteiger partial charge in [0, 0.05) is 42.3 Å². The van der Waals surface area contributed by atoms with Crippen LogP contribution in [0.2, 0.25) is 0 Å². The van der Waals surface area contributed by atoms with E-state index in [2.05, 4.69) is 15.3 Å². The maximum atomic E-state index is 13.2. The molecule has 1 aromatic carbocycles. The Bertz CT molecular complexity index is 1530. The second kappa shape index (κ2) is 9.38. The van der Waals surface area contributed by atoms with Gasteiger partial charge in [0.1, 0.15) is 5.75 Å². The number of aryl methyl sites for hydroxylation is 2. The number of amides is 2. The molecule has 4 aromatic rings. The SMILES string of the molecule is COc1ccccc1-c1cc(C)ncc1C(=O)Nc1nc2c(s1)CN(C(=O)c1ccc(=O)n(C)c1)C2. The molecule has 0 saturated carbocycles. The number of nitrogens with one attached hydrogen (secondary N) is 1. The number of benzene rings is 1. The highest BCUT2D eigenvalue weighted by Crippen LogP contribution is 2.34. The lowest BCUT2D eigenvalue weighted by Crippen LogP contribution is -2.27. The molecule has 1 aliphatic rings. The summed E-state index contributed by atoms with van der Waals surface area (Å²) < 4.78 is 6.88. The molecule has 0 aliphatic carbocycles. The predicted molar refractivity (Wildman–Crippen MR) is 136 cm³/mol. The van der Waals surface area contributed by atoms with Crippen LogP contribution in [0.5, 0.6) is 5.75 Å². The van der Waals surface area contributed by atoms with Crippen molar-refractivity contribution in [2.24, 2.45) is 7.05 Å². The number of hydrogen-bond acceptors (Lipinski definition) is 7. The summed E-state index contributed by atoms with van der Waals surface area (Å²) in [5, 5.41) is 3.35. The third-order valence-electron chi connectivity index (χ3n) is 5.98. The average molecular weight is 502 g/mol. The molecule has 0 saturated heterocycles. The summed E-state index contributed by atoms with van der Waals surface area (Å²) in [6, 6.07) is 12.3. The number of nitrogens with zero attached hydrogens (tertiary/aromatic N) is 4. The molecule has 4 heterocycles. The van der Waals surface area contributed by atoms with Crippen molar-refractivity contribution in [1.29, 1.82) is 0 Å². The number of hydrogen-bond donors (Lipinski definition) is 1. The number of rotatable bonds is 5. The van der Waals surface area contributed by atoms with Gasteiger partial charge in [0.25, 0.3) is 11.8 Å². The van der Waals surface area contributed by atoms with E-state index in [0.29, 0.717) is 35.1 Å². The fourth-order valence-corrected chi connectivity index (χ4v) is 5.12. The Morgan fingerprint density at radius 1 is 1.11 bits per heavy atom. The van der Waals surface area contributed by atoms with Gasteiger partial charge in [-0.1, -0.05) is 29.5 Å². The molecule has 36 heavy (non-hydrogen) atoms. The molecule has 0 unspecified atom stereocenters. The predicted octanol–water partition coefficient (Wildman–Crippen LogP) is 3.63. The number of pyridine rings is 2. The first-order valence-electron chi connectivity index (χ1n) is 11.2. The second-order valence-corrected chi connectivity index (χ2v) is 9.53. The molecule has 0 fully saturated rings. The molecular formula is C26H23N5O4S. The normalized spacial score (nSPS) is 12.4. The number of ether oxygens (including phenoxy) is 1. The molecule has 3 aromatic heterocycles. The van der Waals surface area contributed by atoms with Gasteiger partial charge in [0.2, 0.25) is 5.56 Å². The van der Waals surface area contributed by atoms with Crippen molar-refractivity contribution in [3.63, 3.8) is 0 Å². The lowest BCUT2D eigenvalue weighted by atomic mass is 9.99. The zero-order valence-corrected chi connectivity index (χ0v) is 20.8. The Morgan fingerprint density at radius 2 is 1.92 bits per heavy atom. The van der Waals surface area contributed by atoms with E-state index in [1.54, 1.807) is 25.3 Å². The minimum absolute atomic E-state index is 0.173. The summed E-state index contributed by atoms with van der Waals surface area (Å²) in [6.45, 7) is 2.60. The molecule has 0 spiro atoms. The van der Waals surface area contributed by atoms with Crippen LogP contribution in [0.4, 0.5) is 5.13 Å². The van der Waals surface area contributed by atoms with Crippen LogP contribution in [0.15, 0.2) is 59.7 Å². The van der Waals surface area contributed by atoms with E-state index in [1.165, 1.54) is 34.2 Å². The van der Waals surface area contributed by atoms with Crippen LogP contribution in [0.1, 0.15) is 37.0 Å². The van der Waals surface area contributed by atoms with E-state index in [0.717, 1.165) is 27.4 Å². The van der Waals surface area contributed by atoms with Crippen molar-refractivity contribution >= 4 is 28.3 Å². The molecule has 0 radical (unpaired) electrons. The summed E-state index contributed by atoms with van der Waals surface area (Å²) in [7, 11) is 3.20. The first-order chi connectivity index (χ1) is 17.3. The van der Waals surface area contributed by atoms with Gasteiger partial charge >= 0.3 is 0 Å². The monoisotopic (exact) mass is 501 g/mol. The van der Waals surface area contributed by atoms with Crippen LogP contribution in [0.3, 0.4) is 0 Å². The van der Waals surface area contributed by atoms with Gasteiger partial charge < -0.3 is 14.2 Å². The Balaban J connectivity index is 1.34. The molecule has 0 atom stereocenters. The highest BCUT2D eigenvalue weighted by molar-refractivity contribution is 7.16. The summed E-state index contributed by atoms with van der Waals surface area (Å²) in [6.07, 6.45) is 3.09. The third kappa shape index (κ3) is 4.38. The summed E-state index contributed by atoms with van der Waals surface area (Å²) in [5.74, 6) is 0.163. The maximum Gasteiger partial charge on any atom is 0.259 e. The van der Waals surface area contributed by atoms with E-state index in [9.17, 15) is 14.4 Å². The smallest absolute Gasteiger partial charge is 0.259 e. The highest BCUT2D eigenvalue weighted by atomic mass is 32.1. The van der Waals surface area contributed by atoms with Gasteiger partial charge in [-0.15, -0.1) is 0 Å². The first kappa shape index (κ1) is 23.4. The molecule has 10 heteroatoms. The van der Waals surface area contributed by atoms with E-state index in [-0.39, 0.29) is 17.4 Å². The molecule has 5 rings (SSSR count). The Hall–Kier alpha value is -4.31. The quantitative estimate of drug-likeness (QED) is 0.448. The van der Waals surface area contributed by atoms with Gasteiger partial charge in [-0.05, 0) is 25.1 Å². The number of para-hydroxylation sites is 1. The van der Waals surface area contributed by atoms with Crippen LogP contribution >= 0.6 is 11.3 Å². The molecular weight excluding hydrogens is 478 g/mol.